The fourth-order valence-corrected chi connectivity index (χ4v) is 2.94. The molecule has 0 aliphatic carbocycles. The molecule has 1 amide bonds. The van der Waals surface area contributed by atoms with Gasteiger partial charge in [0.2, 0.25) is 5.91 Å². The predicted octanol–water partition coefficient (Wildman–Crippen LogP) is 4.05. The third-order valence-corrected chi connectivity index (χ3v) is 4.71. The van der Waals surface area contributed by atoms with E-state index in [0.717, 1.165) is 4.90 Å². The standard InChI is InChI=1S/C17H17FN2O3S/c1-12(13-4-3-5-15(10-13)20(22)23)19(2)17(21)11-24-16-8-6-14(18)7-9-16/h3-10,12H,11H2,1-2H3. The zero-order valence-corrected chi connectivity index (χ0v) is 14.1. The molecule has 0 aromatic heterocycles. The average Bonchev–Trinajstić information content (AvgIpc) is 2.59. The highest BCUT2D eigenvalue weighted by atomic mass is 32.2. The van der Waals surface area contributed by atoms with Crippen LogP contribution in [-0.2, 0) is 4.79 Å². The lowest BCUT2D eigenvalue weighted by Crippen LogP contribution is -2.31. The van der Waals surface area contributed by atoms with Crippen LogP contribution in [0.3, 0.4) is 0 Å². The number of benzene rings is 2. The van der Waals surface area contributed by atoms with E-state index in [0.29, 0.717) is 5.56 Å². The van der Waals surface area contributed by atoms with Gasteiger partial charge in [0.15, 0.2) is 0 Å². The van der Waals surface area contributed by atoms with Crippen LogP contribution in [0.15, 0.2) is 53.4 Å². The van der Waals surface area contributed by atoms with Crippen LogP contribution in [0.2, 0.25) is 0 Å². The highest BCUT2D eigenvalue weighted by Gasteiger charge is 2.19. The van der Waals surface area contributed by atoms with Gasteiger partial charge in [0.1, 0.15) is 5.82 Å². The molecule has 126 valence electrons. The predicted molar refractivity (Wildman–Crippen MR) is 91.4 cm³/mol. The molecule has 0 spiro atoms. The molecule has 0 saturated heterocycles. The van der Waals surface area contributed by atoms with Crippen molar-refractivity contribution in [3.05, 3.63) is 70.0 Å². The van der Waals surface area contributed by atoms with E-state index in [4.69, 9.17) is 0 Å². The molecule has 1 atom stereocenters. The maximum atomic E-state index is 12.9. The maximum Gasteiger partial charge on any atom is 0.269 e. The Bertz CT molecular complexity index is 737. The van der Waals surface area contributed by atoms with E-state index in [1.54, 1.807) is 36.2 Å². The molecule has 0 bridgehead atoms. The third-order valence-electron chi connectivity index (χ3n) is 3.71. The van der Waals surface area contributed by atoms with E-state index in [9.17, 15) is 19.3 Å². The van der Waals surface area contributed by atoms with Crippen LogP contribution in [-0.4, -0.2) is 28.5 Å². The first-order chi connectivity index (χ1) is 11.4. The molecule has 1 unspecified atom stereocenters. The number of halogens is 1. The second kappa shape index (κ2) is 7.92. The number of carbonyl (C=O) groups excluding carboxylic acids is 1. The van der Waals surface area contributed by atoms with Gasteiger partial charge in [-0.1, -0.05) is 12.1 Å². The van der Waals surface area contributed by atoms with Gasteiger partial charge in [-0.05, 0) is 36.8 Å². The van der Waals surface area contributed by atoms with E-state index in [1.165, 1.54) is 36.0 Å². The monoisotopic (exact) mass is 348 g/mol. The van der Waals surface area contributed by atoms with Crippen LogP contribution < -0.4 is 0 Å². The summed E-state index contributed by atoms with van der Waals surface area (Å²) in [7, 11) is 1.66. The molecule has 0 fully saturated rings. The maximum absolute atomic E-state index is 12.9. The lowest BCUT2D eigenvalue weighted by Gasteiger charge is -2.25. The highest BCUT2D eigenvalue weighted by Crippen LogP contribution is 2.25. The normalized spacial score (nSPS) is 11.8. The van der Waals surface area contributed by atoms with Crippen molar-refractivity contribution < 1.29 is 14.1 Å². The molecular weight excluding hydrogens is 331 g/mol. The van der Waals surface area contributed by atoms with Crippen LogP contribution in [0.4, 0.5) is 10.1 Å². The summed E-state index contributed by atoms with van der Waals surface area (Å²) in [6.45, 7) is 1.82. The number of amides is 1. The summed E-state index contributed by atoms with van der Waals surface area (Å²) >= 11 is 1.32. The second-order valence-electron chi connectivity index (χ2n) is 5.28. The largest absolute Gasteiger partial charge is 0.338 e. The first-order valence-corrected chi connectivity index (χ1v) is 8.25. The number of nitrogens with zero attached hydrogens (tertiary/aromatic N) is 2. The van der Waals surface area contributed by atoms with Crippen LogP contribution in [0, 0.1) is 15.9 Å². The number of nitro groups is 1. The molecule has 24 heavy (non-hydrogen) atoms. The van der Waals surface area contributed by atoms with E-state index < -0.39 is 4.92 Å². The van der Waals surface area contributed by atoms with Gasteiger partial charge in [-0.25, -0.2) is 4.39 Å². The zero-order valence-electron chi connectivity index (χ0n) is 13.3. The van der Waals surface area contributed by atoms with Gasteiger partial charge < -0.3 is 4.90 Å². The number of hydrogen-bond donors (Lipinski definition) is 0. The van der Waals surface area contributed by atoms with Crippen molar-refractivity contribution in [2.75, 3.05) is 12.8 Å². The summed E-state index contributed by atoms with van der Waals surface area (Å²) in [6.07, 6.45) is 0. The van der Waals surface area contributed by atoms with Gasteiger partial charge in [0.25, 0.3) is 5.69 Å². The number of hydrogen-bond acceptors (Lipinski definition) is 4. The molecule has 0 aliphatic rings. The van der Waals surface area contributed by atoms with E-state index in [1.807, 2.05) is 6.92 Å². The minimum Gasteiger partial charge on any atom is -0.338 e. The molecule has 2 aromatic rings. The zero-order chi connectivity index (χ0) is 17.7. The first-order valence-electron chi connectivity index (χ1n) is 7.27. The van der Waals surface area contributed by atoms with Crippen molar-refractivity contribution in [2.24, 2.45) is 0 Å². The number of nitro benzene ring substituents is 1. The summed E-state index contributed by atoms with van der Waals surface area (Å²) in [4.78, 5) is 25.1. The van der Waals surface area contributed by atoms with Gasteiger partial charge in [-0.3, -0.25) is 14.9 Å². The Morgan fingerprint density at radius 1 is 1.29 bits per heavy atom. The lowest BCUT2D eigenvalue weighted by atomic mass is 10.1. The molecule has 0 radical (unpaired) electrons. The Morgan fingerprint density at radius 3 is 2.58 bits per heavy atom. The van der Waals surface area contributed by atoms with Crippen LogP contribution in [0.1, 0.15) is 18.5 Å². The first kappa shape index (κ1) is 17.9. The second-order valence-corrected chi connectivity index (χ2v) is 6.32. The van der Waals surface area contributed by atoms with Crippen molar-refractivity contribution in [1.82, 2.24) is 4.90 Å². The Labute approximate surface area is 143 Å². The number of non-ortho nitro benzene ring substituents is 1. The number of rotatable bonds is 6. The molecule has 2 aromatic carbocycles. The van der Waals surface area contributed by atoms with Gasteiger partial charge >= 0.3 is 0 Å². The summed E-state index contributed by atoms with van der Waals surface area (Å²) in [5, 5.41) is 10.9. The Hall–Kier alpha value is -2.41. The topological polar surface area (TPSA) is 63.5 Å². The SMILES string of the molecule is CC(c1cccc([N+](=O)[O-])c1)N(C)C(=O)CSc1ccc(F)cc1. The summed E-state index contributed by atoms with van der Waals surface area (Å²) in [5.74, 6) is -0.216. The Morgan fingerprint density at radius 2 is 1.96 bits per heavy atom. The van der Waals surface area contributed by atoms with Crippen molar-refractivity contribution in [3.8, 4) is 0 Å². The molecule has 0 N–H and O–H groups in total. The van der Waals surface area contributed by atoms with Crippen molar-refractivity contribution in [2.45, 2.75) is 17.9 Å². The Balaban J connectivity index is 2.00. The fourth-order valence-electron chi connectivity index (χ4n) is 2.12. The summed E-state index contributed by atoms with van der Waals surface area (Å²) in [6, 6.07) is 11.9. The van der Waals surface area contributed by atoms with Crippen LogP contribution >= 0.6 is 11.8 Å². The third kappa shape index (κ3) is 4.55. The van der Waals surface area contributed by atoms with Crippen molar-refractivity contribution in [3.63, 3.8) is 0 Å². The van der Waals surface area contributed by atoms with E-state index in [2.05, 4.69) is 0 Å². The molecule has 0 saturated carbocycles. The molecule has 5 nitrogen and oxygen atoms in total. The fraction of sp³-hybridized carbons (Fsp3) is 0.235. The smallest absolute Gasteiger partial charge is 0.269 e. The van der Waals surface area contributed by atoms with Crippen LogP contribution in [0.25, 0.3) is 0 Å². The lowest BCUT2D eigenvalue weighted by molar-refractivity contribution is -0.384. The number of thioether (sulfide) groups is 1. The van der Waals surface area contributed by atoms with Crippen molar-refractivity contribution in [1.29, 1.82) is 0 Å². The molecular formula is C17H17FN2O3S. The summed E-state index contributed by atoms with van der Waals surface area (Å²) in [5.41, 5.74) is 0.702. The minimum absolute atomic E-state index is 0.000821. The molecule has 7 heteroatoms. The molecule has 0 heterocycles. The van der Waals surface area contributed by atoms with Gasteiger partial charge in [-0.15, -0.1) is 11.8 Å². The van der Waals surface area contributed by atoms with E-state index >= 15 is 0 Å². The average molecular weight is 348 g/mol. The summed E-state index contributed by atoms with van der Waals surface area (Å²) < 4.78 is 12.9. The highest BCUT2D eigenvalue weighted by molar-refractivity contribution is 8.00. The van der Waals surface area contributed by atoms with Gasteiger partial charge in [0, 0.05) is 24.1 Å². The van der Waals surface area contributed by atoms with Gasteiger partial charge in [-0.2, -0.15) is 0 Å². The molecule has 0 aliphatic heterocycles. The molecule has 2 rings (SSSR count). The number of carbonyl (C=O) groups is 1. The quantitative estimate of drug-likeness (QED) is 0.449. The van der Waals surface area contributed by atoms with Crippen LogP contribution in [0.5, 0.6) is 0 Å². The van der Waals surface area contributed by atoms with Gasteiger partial charge in [0.05, 0.1) is 16.7 Å². The Kier molecular flexibility index (Phi) is 5.92. The van der Waals surface area contributed by atoms with Crippen molar-refractivity contribution >= 4 is 23.4 Å². The minimum atomic E-state index is -0.456. The van der Waals surface area contributed by atoms with E-state index in [-0.39, 0.29) is 29.2 Å².